The maximum Gasteiger partial charge on any atom is 0.322 e. The minimum absolute atomic E-state index is 0.158. The van der Waals surface area contributed by atoms with Crippen molar-refractivity contribution in [3.05, 3.63) is 34.6 Å². The molecule has 1 unspecified atom stereocenters. The Labute approximate surface area is 161 Å². The van der Waals surface area contributed by atoms with Crippen molar-refractivity contribution in [2.75, 3.05) is 0 Å². The summed E-state index contributed by atoms with van der Waals surface area (Å²) in [6, 6.07) is 3.42. The molecule has 1 atom stereocenters. The normalized spacial score (nSPS) is 28.6. The smallest absolute Gasteiger partial charge is 0.322 e. The Hall–Kier alpha value is -2.15. The zero-order valence-corrected chi connectivity index (χ0v) is 15.4. The summed E-state index contributed by atoms with van der Waals surface area (Å²) in [5.41, 5.74) is -0.563. The molecule has 3 fully saturated rings. The van der Waals surface area contributed by atoms with E-state index in [-0.39, 0.29) is 42.3 Å². The molecule has 0 bridgehead atoms. The zero-order valence-electron chi connectivity index (χ0n) is 14.7. The molecule has 1 saturated heterocycles. The van der Waals surface area contributed by atoms with Gasteiger partial charge in [0.15, 0.2) is 0 Å². The number of carbonyl (C=O) groups is 3. The molecule has 144 valence electrons. The minimum Gasteiger partial charge on any atom is -0.349 e. The molecule has 0 radical (unpaired) electrons. The molecule has 1 spiro atoms. The Balaban J connectivity index is 1.49. The third kappa shape index (κ3) is 3.29. The first-order valence-electron chi connectivity index (χ1n) is 9.27. The first-order chi connectivity index (χ1) is 12.9. The van der Waals surface area contributed by atoms with Gasteiger partial charge in [0.25, 0.3) is 5.91 Å². The first-order valence-corrected chi connectivity index (χ1v) is 9.65. The minimum atomic E-state index is -0.969. The predicted octanol–water partition coefficient (Wildman–Crippen LogP) is 2.81. The van der Waals surface area contributed by atoms with Gasteiger partial charge < -0.3 is 10.6 Å². The molecule has 2 aliphatic carbocycles. The standard InChI is InChI=1S/C19H21ClFN3O3/c20-12-5-6-14(21)13(7-12)15(10-3-1-2-4-10)22-16(25)11-8-19(9-11)17(26)23-18(27)24-19/h5-7,10-11,15H,1-4,8-9H2,(H,22,25)(H2,23,24,26,27). The van der Waals surface area contributed by atoms with Gasteiger partial charge in [-0.15, -0.1) is 0 Å². The molecule has 3 aliphatic rings. The number of urea groups is 1. The SMILES string of the molecule is O=C1NC(=O)C2(CC(C(=O)NC(c3cc(Cl)ccc3F)C3CCCC3)C2)N1. The lowest BCUT2D eigenvalue weighted by Gasteiger charge is -2.42. The number of halogens is 2. The van der Waals surface area contributed by atoms with E-state index >= 15 is 0 Å². The lowest BCUT2D eigenvalue weighted by atomic mass is 9.67. The zero-order chi connectivity index (χ0) is 19.2. The van der Waals surface area contributed by atoms with Crippen LogP contribution in [0.4, 0.5) is 9.18 Å². The van der Waals surface area contributed by atoms with E-state index in [4.69, 9.17) is 11.6 Å². The monoisotopic (exact) mass is 393 g/mol. The number of hydrogen-bond acceptors (Lipinski definition) is 3. The van der Waals surface area contributed by atoms with Crippen LogP contribution < -0.4 is 16.0 Å². The summed E-state index contributed by atoms with van der Waals surface area (Å²) in [4.78, 5) is 36.0. The molecular weight excluding hydrogens is 373 g/mol. The van der Waals surface area contributed by atoms with E-state index in [0.717, 1.165) is 25.7 Å². The van der Waals surface area contributed by atoms with Crippen LogP contribution in [0.3, 0.4) is 0 Å². The fourth-order valence-corrected chi connectivity index (χ4v) is 4.73. The second-order valence-electron chi connectivity index (χ2n) is 7.79. The van der Waals surface area contributed by atoms with Gasteiger partial charge in [-0.05, 0) is 49.8 Å². The van der Waals surface area contributed by atoms with E-state index in [2.05, 4.69) is 16.0 Å². The number of rotatable bonds is 4. The molecular formula is C19H21ClFN3O3. The van der Waals surface area contributed by atoms with E-state index < -0.39 is 17.6 Å². The lowest BCUT2D eigenvalue weighted by Crippen LogP contribution is -2.60. The summed E-state index contributed by atoms with van der Waals surface area (Å²) in [6.45, 7) is 0. The molecule has 2 saturated carbocycles. The molecule has 4 rings (SSSR count). The van der Waals surface area contributed by atoms with Crippen LogP contribution >= 0.6 is 11.6 Å². The molecule has 1 aromatic rings. The summed E-state index contributed by atoms with van der Waals surface area (Å²) < 4.78 is 14.4. The van der Waals surface area contributed by atoms with Crippen molar-refractivity contribution in [2.24, 2.45) is 11.8 Å². The van der Waals surface area contributed by atoms with Crippen molar-refractivity contribution in [2.45, 2.75) is 50.1 Å². The largest absolute Gasteiger partial charge is 0.349 e. The van der Waals surface area contributed by atoms with E-state index in [1.54, 1.807) is 6.07 Å². The molecule has 0 aromatic heterocycles. The number of imide groups is 1. The van der Waals surface area contributed by atoms with Gasteiger partial charge in [-0.2, -0.15) is 0 Å². The molecule has 27 heavy (non-hydrogen) atoms. The van der Waals surface area contributed by atoms with E-state index in [1.165, 1.54) is 12.1 Å². The molecule has 1 aromatic carbocycles. The van der Waals surface area contributed by atoms with Gasteiger partial charge in [0.2, 0.25) is 5.91 Å². The third-order valence-electron chi connectivity index (χ3n) is 6.04. The average molecular weight is 394 g/mol. The Morgan fingerprint density at radius 1 is 1.26 bits per heavy atom. The topological polar surface area (TPSA) is 87.3 Å². The van der Waals surface area contributed by atoms with Crippen LogP contribution in [0.15, 0.2) is 18.2 Å². The van der Waals surface area contributed by atoms with Gasteiger partial charge in [0.1, 0.15) is 11.4 Å². The Bertz CT molecular complexity index is 803. The summed E-state index contributed by atoms with van der Waals surface area (Å²) in [5.74, 6) is -1.22. The van der Waals surface area contributed by atoms with Crippen LogP contribution in [-0.4, -0.2) is 23.4 Å². The molecule has 8 heteroatoms. The predicted molar refractivity (Wildman–Crippen MR) is 96.4 cm³/mol. The second-order valence-corrected chi connectivity index (χ2v) is 8.23. The van der Waals surface area contributed by atoms with Gasteiger partial charge in [-0.1, -0.05) is 24.4 Å². The fourth-order valence-electron chi connectivity index (χ4n) is 4.55. The van der Waals surface area contributed by atoms with Crippen molar-refractivity contribution in [3.8, 4) is 0 Å². The first kappa shape index (κ1) is 18.2. The average Bonchev–Trinajstić information content (AvgIpc) is 3.21. The van der Waals surface area contributed by atoms with Crippen molar-refractivity contribution in [3.63, 3.8) is 0 Å². The maximum absolute atomic E-state index is 14.4. The van der Waals surface area contributed by atoms with Crippen LogP contribution in [0, 0.1) is 17.7 Å². The number of hydrogen-bond donors (Lipinski definition) is 3. The summed E-state index contributed by atoms with van der Waals surface area (Å²) in [7, 11) is 0. The van der Waals surface area contributed by atoms with Gasteiger partial charge in [-0.3, -0.25) is 14.9 Å². The number of amides is 4. The number of benzene rings is 1. The Kier molecular flexibility index (Phi) is 4.58. The third-order valence-corrected chi connectivity index (χ3v) is 6.27. The van der Waals surface area contributed by atoms with Crippen molar-refractivity contribution < 1.29 is 18.8 Å². The number of carbonyl (C=O) groups excluding carboxylic acids is 3. The highest BCUT2D eigenvalue weighted by molar-refractivity contribution is 6.30. The Morgan fingerprint density at radius 2 is 1.96 bits per heavy atom. The van der Waals surface area contributed by atoms with Crippen LogP contribution in [-0.2, 0) is 9.59 Å². The van der Waals surface area contributed by atoms with Crippen molar-refractivity contribution in [1.29, 1.82) is 0 Å². The number of nitrogens with one attached hydrogen (secondary N) is 3. The molecule has 1 aliphatic heterocycles. The van der Waals surface area contributed by atoms with Crippen LogP contribution in [0.2, 0.25) is 5.02 Å². The van der Waals surface area contributed by atoms with Crippen LogP contribution in [0.5, 0.6) is 0 Å². The van der Waals surface area contributed by atoms with Gasteiger partial charge >= 0.3 is 6.03 Å². The van der Waals surface area contributed by atoms with Gasteiger partial charge in [-0.25, -0.2) is 9.18 Å². The lowest BCUT2D eigenvalue weighted by molar-refractivity contribution is -0.137. The van der Waals surface area contributed by atoms with E-state index in [1.807, 2.05) is 0 Å². The van der Waals surface area contributed by atoms with E-state index in [0.29, 0.717) is 10.6 Å². The second kappa shape index (κ2) is 6.78. The molecule has 4 amide bonds. The van der Waals surface area contributed by atoms with Gasteiger partial charge in [0, 0.05) is 16.5 Å². The van der Waals surface area contributed by atoms with Crippen LogP contribution in [0.25, 0.3) is 0 Å². The van der Waals surface area contributed by atoms with Crippen molar-refractivity contribution in [1.82, 2.24) is 16.0 Å². The summed E-state index contributed by atoms with van der Waals surface area (Å²) in [5, 5.41) is 8.23. The highest BCUT2D eigenvalue weighted by Crippen LogP contribution is 2.42. The van der Waals surface area contributed by atoms with Gasteiger partial charge in [0.05, 0.1) is 6.04 Å². The molecule has 1 heterocycles. The fraction of sp³-hybridized carbons (Fsp3) is 0.526. The van der Waals surface area contributed by atoms with Crippen molar-refractivity contribution >= 4 is 29.4 Å². The summed E-state index contributed by atoms with van der Waals surface area (Å²) >= 11 is 6.05. The molecule has 6 nitrogen and oxygen atoms in total. The van der Waals surface area contributed by atoms with E-state index in [9.17, 15) is 18.8 Å². The highest BCUT2D eigenvalue weighted by Gasteiger charge is 2.57. The highest BCUT2D eigenvalue weighted by atomic mass is 35.5. The molecule has 3 N–H and O–H groups in total. The Morgan fingerprint density at radius 3 is 2.59 bits per heavy atom. The summed E-state index contributed by atoms with van der Waals surface area (Å²) in [6.07, 6.45) is 4.46. The maximum atomic E-state index is 14.4. The quantitative estimate of drug-likeness (QED) is 0.687. The van der Waals surface area contributed by atoms with Crippen LogP contribution in [0.1, 0.15) is 50.1 Å².